The molecule has 140 heavy (non-hydrogen) atoms. The van der Waals surface area contributed by atoms with E-state index in [-0.39, 0.29) is 79.8 Å². The molecule has 11 heterocycles. The molecule has 38 heteroatoms. The van der Waals surface area contributed by atoms with Gasteiger partial charge in [0.2, 0.25) is 11.8 Å². The van der Waals surface area contributed by atoms with Crippen molar-refractivity contribution in [2.75, 3.05) is 21.3 Å². The average molecular weight is 1950 g/mol. The first kappa shape index (κ1) is 95.7. The normalized spacial score (nSPS) is 17.0. The van der Waals surface area contributed by atoms with Crippen molar-refractivity contribution in [3.05, 3.63) is 295 Å². The minimum absolute atomic E-state index is 0.0206. The predicted octanol–water partition coefficient (Wildman–Crippen LogP) is 16.3. The van der Waals surface area contributed by atoms with Crippen molar-refractivity contribution in [1.29, 1.82) is 0 Å². The van der Waals surface area contributed by atoms with Gasteiger partial charge in [-0.05, 0) is 245 Å². The molecule has 0 saturated heterocycles. The van der Waals surface area contributed by atoms with Gasteiger partial charge in [0.1, 0.15) is 74.0 Å². The van der Waals surface area contributed by atoms with Crippen LogP contribution in [0.5, 0.6) is 0 Å². The molecule has 8 N–H and O–H groups in total. The van der Waals surface area contributed by atoms with Crippen LogP contribution in [-0.4, -0.2) is 114 Å². The first-order chi connectivity index (χ1) is 66.8. The van der Waals surface area contributed by atoms with Crippen LogP contribution in [0.3, 0.4) is 0 Å². The van der Waals surface area contributed by atoms with Crippen LogP contribution in [0.2, 0.25) is 5.02 Å². The molecule has 3 atom stereocenters. The van der Waals surface area contributed by atoms with E-state index in [1.54, 1.807) is 61.4 Å². The monoisotopic (exact) mass is 1950 g/mol. The minimum Gasteiger partial charge on any atom is -0.423 e. The van der Waals surface area contributed by atoms with Crippen molar-refractivity contribution < 1.29 is 88.3 Å². The number of benzene rings is 5. The van der Waals surface area contributed by atoms with Crippen LogP contribution in [0, 0.1) is 90.4 Å². The molecule has 5 saturated carbocycles. The van der Waals surface area contributed by atoms with Gasteiger partial charge < -0.3 is 65.2 Å². The Morgan fingerprint density at radius 1 is 0.457 bits per heavy atom. The van der Waals surface area contributed by atoms with Crippen LogP contribution in [-0.2, 0) is 86.7 Å². The van der Waals surface area contributed by atoms with E-state index in [0.717, 1.165) is 98.5 Å². The zero-order chi connectivity index (χ0) is 99.4. The molecule has 722 valence electrons. The fraction of sp³-hybridized carbons (Fsp3) is 0.343. The maximum absolute atomic E-state index is 14.7. The number of carbonyl (C=O) groups is 12. The third kappa shape index (κ3) is 18.0. The van der Waals surface area contributed by atoms with Gasteiger partial charge in [-0.15, -0.1) is 31.7 Å². The summed E-state index contributed by atoms with van der Waals surface area (Å²) in [6.45, 7) is 15.5. The molecule has 12 aromatic rings. The maximum atomic E-state index is 14.7. The summed E-state index contributed by atoms with van der Waals surface area (Å²) in [5.74, 6) is -10.9. The summed E-state index contributed by atoms with van der Waals surface area (Å²) in [5, 5.41) is 38.8. The van der Waals surface area contributed by atoms with Crippen molar-refractivity contribution in [2.24, 2.45) is 5.92 Å². The molecule has 4 aliphatic heterocycles. The van der Waals surface area contributed by atoms with Gasteiger partial charge in [0.05, 0.1) is 44.6 Å². The van der Waals surface area contributed by atoms with E-state index >= 15 is 0 Å². The van der Waals surface area contributed by atoms with Gasteiger partial charge in [-0.25, -0.2) is 26.3 Å². The Balaban J connectivity index is 0.000000124. The summed E-state index contributed by atoms with van der Waals surface area (Å²) in [4.78, 5) is 162. The summed E-state index contributed by atoms with van der Waals surface area (Å²) in [6, 6.07) is 30.1. The van der Waals surface area contributed by atoms with E-state index in [9.17, 15) is 83.9 Å². The SMILES string of the molecule is Cc1c(C(=O)C(=O)NC2(c3nncs3)CC2)c2n(c1C(=O)Nc1ccnc(C(C)F)c1F)[C@@H]1C[C@@H]1C2.Cc1c(F)cc(NC(=O)c2c(C)c(C(=O)C(=O)NC3(c4ccccc4)CC3)c3n2CCC3)cc1F.Cc1ccc(NC(=O)c2c(C)c(C(=O)C(=O)NC3(c4ccccc4)CC3)c3n2CCC3)cc1Cl.Cc1nnc(C2(NC(=O)C(=O)c3c(C)c(C(=O)Nc4cc(F)c(C)c(F)c4)n4c3CCC4)CC2)o1. The van der Waals surface area contributed by atoms with Crippen LogP contribution in [0.15, 0.2) is 125 Å². The highest BCUT2D eigenvalue weighted by molar-refractivity contribution is 7.09. The van der Waals surface area contributed by atoms with Crippen LogP contribution in [0.1, 0.15) is 275 Å². The number of alkyl halides is 1. The number of halogens is 7. The van der Waals surface area contributed by atoms with Gasteiger partial charge in [-0.2, -0.15) is 0 Å². The summed E-state index contributed by atoms with van der Waals surface area (Å²) in [6.07, 6.45) is 10.6. The number of anilines is 4. The van der Waals surface area contributed by atoms with Crippen LogP contribution >= 0.6 is 22.9 Å². The van der Waals surface area contributed by atoms with E-state index in [4.69, 9.17) is 16.0 Å². The van der Waals surface area contributed by atoms with Crippen molar-refractivity contribution in [2.45, 2.75) is 219 Å². The maximum Gasteiger partial charge on any atom is 0.293 e. The molecule has 8 amide bonds. The number of rotatable bonds is 25. The average Bonchev–Trinajstić information content (AvgIpc) is 1.53. The van der Waals surface area contributed by atoms with E-state index in [1.807, 2.05) is 82.8 Å². The molecule has 0 bridgehead atoms. The number of carbonyl (C=O) groups excluding carboxylic acids is 12. The zero-order valence-corrected chi connectivity index (χ0v) is 79.2. The number of hydrogen-bond donors (Lipinski definition) is 8. The lowest BCUT2D eigenvalue weighted by Gasteiger charge is -2.17. The van der Waals surface area contributed by atoms with E-state index in [2.05, 4.69) is 67.9 Å². The highest BCUT2D eigenvalue weighted by Crippen LogP contribution is 2.56. The van der Waals surface area contributed by atoms with Crippen LogP contribution in [0.4, 0.5) is 49.1 Å². The Morgan fingerprint density at radius 3 is 1.25 bits per heavy atom. The summed E-state index contributed by atoms with van der Waals surface area (Å²) in [7, 11) is 0. The first-order valence-corrected chi connectivity index (χ1v) is 47.4. The predicted molar refractivity (Wildman–Crippen MR) is 502 cm³/mol. The number of Topliss-reactive ketones (excluding diaryl/α,β-unsaturated/α-hetero) is 4. The second-order valence-electron chi connectivity index (χ2n) is 37.2. The second kappa shape index (κ2) is 37.3. The lowest BCUT2D eigenvalue weighted by atomic mass is 10.0. The second-order valence-corrected chi connectivity index (χ2v) is 38.5. The minimum atomic E-state index is -1.65. The summed E-state index contributed by atoms with van der Waals surface area (Å²) >= 11 is 7.53. The van der Waals surface area contributed by atoms with Crippen LogP contribution < -0.4 is 42.5 Å². The van der Waals surface area contributed by atoms with Gasteiger partial charge in [-0.3, -0.25) is 62.5 Å². The smallest absolute Gasteiger partial charge is 0.293 e. The number of hydrogen-bond acceptors (Lipinski definition) is 19. The van der Waals surface area contributed by atoms with E-state index in [1.165, 1.54) is 37.4 Å². The topological polar surface area (TPSA) is 398 Å². The standard InChI is InChI=1S/C27H26ClN3O3.C27H25F2N3O3.C24H22F2N6O3S.C24H23F2N5O4/c1-16-10-11-19(15-20(16)28)29-25(33)23-17(2)22(21-9-6-14-31(21)23)24(32)26(34)30-27(12-13-27)18-7-4-3-5-8-18;1-15-19(28)13-18(14-20(15)29)30-25(34)23-16(2)22(21-9-6-12-32(21)23)24(33)26(35)31-27(10-11-27)17-7-4-3-5-8-17;1-10-16(20(33)22(35)30-24(4-5-24)23-31-28-9-36-23)15-8-12-7-14(12)32(15)19(10)21(34)29-13-3-6-27-18(11(2)25)17(13)26;1-11-15(25)9-14(10-16(11)26)27-21(33)19-12(2)18(17-5-4-8-31(17)19)20(32)22(34)28-24(6-7-24)23-30-29-13(3)35-23/h3-5,7-8,10-11,15H,6,9,12-14H2,1-2H3,(H,29,33)(H,30,34);3-5,7-8,13-14H,6,9-12H2,1-2H3,(H,30,34)(H,31,35);3,6,9,11-12,14H,4-5,7-8H2,1-2H3,(H,30,35)(H,27,29,34);9-10H,4-8H2,1-3H3,(H,27,33)(H,28,34)/t;;11?,12-,14-;/m..1./s1. The molecule has 21 rings (SSSR count). The number of nitrogens with zero attached hydrogens (tertiary/aromatic N) is 9. The number of aryl methyl sites for hydroxylation is 2. The molecule has 5 fully saturated rings. The Kier molecular flexibility index (Phi) is 25.5. The lowest BCUT2D eigenvalue weighted by Crippen LogP contribution is -2.40. The third-order valence-electron chi connectivity index (χ3n) is 27.9. The molecule has 7 aromatic heterocycles. The van der Waals surface area contributed by atoms with E-state index < -0.39 is 128 Å². The summed E-state index contributed by atoms with van der Waals surface area (Å²) < 4.78 is 96.9. The molecule has 5 aliphatic carbocycles. The molecule has 0 radical (unpaired) electrons. The van der Waals surface area contributed by atoms with Gasteiger partial charge in [0, 0.05) is 94.8 Å². The molecule has 5 aromatic carbocycles. The van der Waals surface area contributed by atoms with Crippen molar-refractivity contribution >= 4 is 116 Å². The Bertz CT molecular complexity index is 7180. The molecular formula is C102H96ClF6N17O13S. The van der Waals surface area contributed by atoms with Gasteiger partial charge >= 0.3 is 0 Å². The van der Waals surface area contributed by atoms with Gasteiger partial charge in [-0.1, -0.05) is 78.3 Å². The largest absolute Gasteiger partial charge is 0.423 e. The van der Waals surface area contributed by atoms with Crippen molar-refractivity contribution in [3.8, 4) is 0 Å². The first-order valence-electron chi connectivity index (χ1n) is 46.1. The Labute approximate surface area is 806 Å². The van der Waals surface area contributed by atoms with E-state index in [0.29, 0.717) is 156 Å². The number of ketones is 4. The van der Waals surface area contributed by atoms with Crippen molar-refractivity contribution in [3.63, 3.8) is 0 Å². The number of nitrogens with one attached hydrogen (secondary N) is 8. The number of fused-ring (bicyclic) bond motifs is 6. The number of amides is 8. The third-order valence-corrected chi connectivity index (χ3v) is 29.2. The summed E-state index contributed by atoms with van der Waals surface area (Å²) in [5.41, 5.74) is 7.82. The highest BCUT2D eigenvalue weighted by Gasteiger charge is 2.56. The molecule has 30 nitrogen and oxygen atoms in total. The number of aromatic nitrogens is 9. The molecule has 1 unspecified atom stereocenters. The van der Waals surface area contributed by atoms with Gasteiger partial charge in [0.15, 0.2) is 5.82 Å². The quantitative estimate of drug-likeness (QED) is 0.0150. The van der Waals surface area contributed by atoms with Crippen molar-refractivity contribution in [1.82, 2.24) is 64.9 Å². The lowest BCUT2D eigenvalue weighted by molar-refractivity contribution is -0.118. The highest BCUT2D eigenvalue weighted by atomic mass is 35.5. The number of pyridine rings is 1. The zero-order valence-electron chi connectivity index (χ0n) is 77.6. The van der Waals surface area contributed by atoms with Crippen LogP contribution in [0.25, 0.3) is 0 Å². The Hall–Kier alpha value is -14.6. The van der Waals surface area contributed by atoms with Gasteiger partial charge in [0.25, 0.3) is 70.4 Å². The Morgan fingerprint density at radius 2 is 0.857 bits per heavy atom. The fourth-order valence-corrected chi connectivity index (χ4v) is 20.7. The molecular weight excluding hydrogens is 1850 g/mol. The fourth-order valence-electron chi connectivity index (χ4n) is 19.8. The molecule has 9 aliphatic rings. The molecule has 0 spiro atoms.